The predicted molar refractivity (Wildman–Crippen MR) is 150 cm³/mol. The molecule has 2 N–H and O–H groups in total. The minimum atomic E-state index is -0.652. The van der Waals surface area contributed by atoms with Gasteiger partial charge in [0, 0.05) is 11.6 Å². The Balaban J connectivity index is 1.44. The fourth-order valence-corrected chi connectivity index (χ4v) is 4.53. The van der Waals surface area contributed by atoms with Crippen molar-refractivity contribution in [3.05, 3.63) is 130 Å². The van der Waals surface area contributed by atoms with Crippen molar-refractivity contribution in [3.63, 3.8) is 0 Å². The molecule has 1 heterocycles. The number of nitrogens with two attached hydrogens (primary N) is 1. The molecular weight excluding hydrogens is 523 g/mol. The molecule has 0 saturated carbocycles. The Bertz CT molecular complexity index is 1660. The lowest BCUT2D eigenvalue weighted by Crippen LogP contribution is -2.21. The van der Waals surface area contributed by atoms with Crippen LogP contribution in [0.3, 0.4) is 0 Å². The van der Waals surface area contributed by atoms with Gasteiger partial charge in [-0.1, -0.05) is 42.0 Å². The first kappa shape index (κ1) is 27.3. The minimum Gasteiger partial charge on any atom is -0.490 e. The van der Waals surface area contributed by atoms with Gasteiger partial charge in [0.1, 0.15) is 35.6 Å². The van der Waals surface area contributed by atoms with Crippen molar-refractivity contribution in [2.24, 2.45) is 5.73 Å². The summed E-state index contributed by atoms with van der Waals surface area (Å²) in [5, 5.41) is 9.98. The van der Waals surface area contributed by atoms with E-state index in [1.165, 1.54) is 35.9 Å². The molecule has 5 rings (SSSR count). The van der Waals surface area contributed by atoms with Crippen molar-refractivity contribution in [1.29, 1.82) is 5.26 Å². The summed E-state index contributed by atoms with van der Waals surface area (Å²) in [6.07, 6.45) is 0. The molecule has 41 heavy (non-hydrogen) atoms. The van der Waals surface area contributed by atoms with Gasteiger partial charge in [-0.15, -0.1) is 0 Å². The number of nitriles is 1. The van der Waals surface area contributed by atoms with Gasteiger partial charge in [0.05, 0.1) is 18.1 Å². The van der Waals surface area contributed by atoms with Crippen molar-refractivity contribution in [3.8, 4) is 29.1 Å². The number of nitrogens with zero attached hydrogens (tertiary/aromatic N) is 1. The molecule has 0 radical (unpaired) electrons. The number of fused-ring (bicyclic) bond motifs is 1. The third-order valence-corrected chi connectivity index (χ3v) is 6.60. The van der Waals surface area contributed by atoms with Crippen molar-refractivity contribution in [2.75, 3.05) is 6.61 Å². The topological polar surface area (TPSA) is 104 Å². The van der Waals surface area contributed by atoms with Crippen LogP contribution in [-0.4, -0.2) is 12.6 Å². The first-order chi connectivity index (χ1) is 19.9. The van der Waals surface area contributed by atoms with Crippen LogP contribution in [0, 0.1) is 24.1 Å². The van der Waals surface area contributed by atoms with Crippen molar-refractivity contribution in [2.45, 2.75) is 26.4 Å². The predicted octanol–water partition coefficient (Wildman–Crippen LogP) is 6.55. The number of ether oxygens (including phenoxy) is 4. The summed E-state index contributed by atoms with van der Waals surface area (Å²) in [7, 11) is 0. The lowest BCUT2D eigenvalue weighted by atomic mass is 9.83. The highest BCUT2D eigenvalue weighted by molar-refractivity contribution is 5.91. The number of halogens is 1. The maximum Gasteiger partial charge on any atom is 0.343 e. The van der Waals surface area contributed by atoms with Gasteiger partial charge in [-0.3, -0.25) is 0 Å². The summed E-state index contributed by atoms with van der Waals surface area (Å²) in [6, 6.07) is 25.7. The molecule has 0 aromatic heterocycles. The van der Waals surface area contributed by atoms with E-state index in [9.17, 15) is 14.4 Å². The summed E-state index contributed by atoms with van der Waals surface area (Å²) >= 11 is 0. The van der Waals surface area contributed by atoms with Crippen LogP contribution in [0.2, 0.25) is 0 Å². The summed E-state index contributed by atoms with van der Waals surface area (Å²) in [5.74, 6) is -0.0632. The van der Waals surface area contributed by atoms with Crippen LogP contribution >= 0.6 is 0 Å². The molecule has 7 nitrogen and oxygen atoms in total. The lowest BCUT2D eigenvalue weighted by Gasteiger charge is -2.27. The molecule has 1 atom stereocenters. The summed E-state index contributed by atoms with van der Waals surface area (Å²) in [4.78, 5) is 12.5. The second-order valence-corrected chi connectivity index (χ2v) is 9.43. The first-order valence-electron chi connectivity index (χ1n) is 13.0. The fourth-order valence-electron chi connectivity index (χ4n) is 4.53. The molecule has 4 aromatic carbocycles. The van der Waals surface area contributed by atoms with E-state index in [4.69, 9.17) is 24.7 Å². The fraction of sp³-hybridized carbons (Fsp3) is 0.152. The van der Waals surface area contributed by atoms with Crippen molar-refractivity contribution < 1.29 is 28.1 Å². The number of aryl methyl sites for hydroxylation is 1. The highest BCUT2D eigenvalue weighted by atomic mass is 19.1. The third-order valence-electron chi connectivity index (χ3n) is 6.60. The summed E-state index contributed by atoms with van der Waals surface area (Å²) in [6.45, 7) is 4.70. The van der Waals surface area contributed by atoms with Gasteiger partial charge in [0.2, 0.25) is 5.88 Å². The van der Waals surface area contributed by atoms with Crippen LogP contribution in [0.15, 0.2) is 96.4 Å². The molecule has 0 aliphatic carbocycles. The molecule has 206 valence electrons. The number of benzene rings is 4. The number of carbonyl (C=O) groups is 1. The highest BCUT2D eigenvalue weighted by Crippen LogP contribution is 2.45. The van der Waals surface area contributed by atoms with E-state index in [2.05, 4.69) is 6.07 Å². The number of allylic oxidation sites excluding steroid dienone is 1. The molecule has 4 aromatic rings. The van der Waals surface area contributed by atoms with E-state index in [1.54, 1.807) is 12.1 Å². The van der Waals surface area contributed by atoms with Gasteiger partial charge in [-0.05, 0) is 67.4 Å². The molecule has 0 bridgehead atoms. The second kappa shape index (κ2) is 11.8. The van der Waals surface area contributed by atoms with Crippen molar-refractivity contribution in [1.82, 2.24) is 0 Å². The molecule has 0 spiro atoms. The second-order valence-electron chi connectivity index (χ2n) is 9.43. The van der Waals surface area contributed by atoms with Gasteiger partial charge in [0.15, 0.2) is 11.5 Å². The highest BCUT2D eigenvalue weighted by Gasteiger charge is 2.32. The molecule has 1 aliphatic heterocycles. The van der Waals surface area contributed by atoms with Crippen LogP contribution in [-0.2, 0) is 6.61 Å². The van der Waals surface area contributed by atoms with E-state index in [-0.39, 0.29) is 22.8 Å². The Kier molecular flexibility index (Phi) is 7.88. The van der Waals surface area contributed by atoms with Crippen LogP contribution in [0.25, 0.3) is 0 Å². The average Bonchev–Trinajstić information content (AvgIpc) is 2.97. The van der Waals surface area contributed by atoms with E-state index in [1.807, 2.05) is 56.3 Å². The van der Waals surface area contributed by atoms with Crippen LogP contribution in [0.1, 0.15) is 45.5 Å². The monoisotopic (exact) mass is 550 g/mol. The molecular formula is C33H27FN2O5. The van der Waals surface area contributed by atoms with Crippen molar-refractivity contribution >= 4 is 5.97 Å². The smallest absolute Gasteiger partial charge is 0.343 e. The molecule has 0 amide bonds. The lowest BCUT2D eigenvalue weighted by molar-refractivity contribution is 0.0734. The zero-order chi connectivity index (χ0) is 28.9. The Morgan fingerprint density at radius 1 is 0.976 bits per heavy atom. The van der Waals surface area contributed by atoms with E-state index < -0.39 is 17.7 Å². The van der Waals surface area contributed by atoms with E-state index in [0.717, 1.165) is 11.1 Å². The average molecular weight is 551 g/mol. The van der Waals surface area contributed by atoms with Crippen LogP contribution in [0.5, 0.6) is 23.0 Å². The van der Waals surface area contributed by atoms with Gasteiger partial charge >= 0.3 is 5.97 Å². The van der Waals surface area contributed by atoms with E-state index >= 15 is 0 Å². The van der Waals surface area contributed by atoms with Crippen LogP contribution < -0.4 is 24.7 Å². The minimum absolute atomic E-state index is 0.0512. The largest absolute Gasteiger partial charge is 0.490 e. The molecule has 0 saturated heterocycles. The number of hydrogen-bond acceptors (Lipinski definition) is 7. The Morgan fingerprint density at radius 3 is 2.44 bits per heavy atom. The third kappa shape index (κ3) is 5.99. The number of esters is 1. The Morgan fingerprint density at radius 2 is 1.73 bits per heavy atom. The maximum absolute atomic E-state index is 13.2. The number of hydrogen-bond donors (Lipinski definition) is 1. The summed E-state index contributed by atoms with van der Waals surface area (Å²) in [5.41, 5.74) is 10.2. The molecule has 1 aliphatic rings. The molecule has 0 fully saturated rings. The number of rotatable bonds is 8. The number of carbonyl (C=O) groups excluding carboxylic acids is 1. The normalized spacial score (nSPS) is 14.0. The van der Waals surface area contributed by atoms with Gasteiger partial charge in [-0.2, -0.15) is 5.26 Å². The first-order valence-corrected chi connectivity index (χ1v) is 13.0. The maximum atomic E-state index is 13.2. The van der Waals surface area contributed by atoms with Crippen LogP contribution in [0.4, 0.5) is 4.39 Å². The van der Waals surface area contributed by atoms with Gasteiger partial charge in [-0.25, -0.2) is 9.18 Å². The summed E-state index contributed by atoms with van der Waals surface area (Å²) < 4.78 is 36.4. The zero-order valence-corrected chi connectivity index (χ0v) is 22.5. The van der Waals surface area contributed by atoms with Gasteiger partial charge < -0.3 is 24.7 Å². The molecule has 8 heteroatoms. The molecule has 1 unspecified atom stereocenters. The Labute approximate surface area is 237 Å². The quantitative estimate of drug-likeness (QED) is 0.196. The standard InChI is InChI=1S/C33H27FN2O5/c1-3-38-30-16-23(10-15-28(30)39-19-21-6-4-20(2)5-7-21)31-26-14-13-25(17-29(26)41-32(36)27(31)18-35)40-33(37)22-8-11-24(34)12-9-22/h4-17,31H,3,19,36H2,1-2H3. The van der Waals surface area contributed by atoms with Gasteiger partial charge in [0.25, 0.3) is 0 Å². The van der Waals surface area contributed by atoms with E-state index in [0.29, 0.717) is 36.0 Å². The Hall–Kier alpha value is -5.29. The SMILES string of the molecule is CCOc1cc(C2C(C#N)=C(N)Oc3cc(OC(=O)c4ccc(F)cc4)ccc32)ccc1OCc1ccc(C)cc1. The zero-order valence-electron chi connectivity index (χ0n) is 22.5.